The number of ether oxygens (including phenoxy) is 1. The lowest BCUT2D eigenvalue weighted by molar-refractivity contribution is 0.00254. The smallest absolute Gasteiger partial charge is 0.319 e. The third-order valence-electron chi connectivity index (χ3n) is 4.23. The molecule has 2 N–H and O–H groups in total. The monoisotopic (exact) mass is 342 g/mol. The van der Waals surface area contributed by atoms with Gasteiger partial charge in [0.25, 0.3) is 0 Å². The maximum atomic E-state index is 12.3. The molecule has 0 radical (unpaired) electrons. The van der Waals surface area contributed by atoms with Gasteiger partial charge in [-0.2, -0.15) is 5.10 Å². The molecule has 3 rings (SSSR count). The van der Waals surface area contributed by atoms with E-state index in [0.29, 0.717) is 18.2 Å². The van der Waals surface area contributed by atoms with Crippen molar-refractivity contribution in [2.75, 3.05) is 11.9 Å². The van der Waals surface area contributed by atoms with Crippen molar-refractivity contribution in [2.45, 2.75) is 45.4 Å². The van der Waals surface area contributed by atoms with Gasteiger partial charge in [0.15, 0.2) is 0 Å². The molecule has 2 aromatic rings. The summed E-state index contributed by atoms with van der Waals surface area (Å²) in [5.41, 5.74) is 1.87. The zero-order valence-electron chi connectivity index (χ0n) is 14.8. The first-order valence-electron chi connectivity index (χ1n) is 8.86. The zero-order chi connectivity index (χ0) is 17.6. The third kappa shape index (κ3) is 5.06. The Hall–Kier alpha value is -2.34. The first-order chi connectivity index (χ1) is 12.1. The highest BCUT2D eigenvalue weighted by Gasteiger charge is 2.25. The van der Waals surface area contributed by atoms with Gasteiger partial charge >= 0.3 is 6.03 Å². The van der Waals surface area contributed by atoms with Crippen LogP contribution in [0.2, 0.25) is 0 Å². The number of benzene rings is 1. The summed E-state index contributed by atoms with van der Waals surface area (Å²) in [5.74, 6) is 0.513. The van der Waals surface area contributed by atoms with Gasteiger partial charge in [-0.05, 0) is 24.3 Å². The quantitative estimate of drug-likeness (QED) is 0.873. The molecule has 2 atom stereocenters. The Kier molecular flexibility index (Phi) is 5.71. The van der Waals surface area contributed by atoms with Crippen LogP contribution in [0.1, 0.15) is 38.4 Å². The first kappa shape index (κ1) is 17.5. The van der Waals surface area contributed by atoms with E-state index in [1.807, 2.05) is 29.1 Å². The summed E-state index contributed by atoms with van der Waals surface area (Å²) >= 11 is 0. The molecule has 0 unspecified atom stereocenters. The third-order valence-corrected chi connectivity index (χ3v) is 4.23. The Morgan fingerprint density at radius 1 is 1.36 bits per heavy atom. The molecule has 1 saturated heterocycles. The molecule has 2 heterocycles. The number of hydrogen-bond donors (Lipinski definition) is 2. The summed E-state index contributed by atoms with van der Waals surface area (Å²) in [6, 6.07) is 10.1. The average Bonchev–Trinajstić information content (AvgIpc) is 3.02. The summed E-state index contributed by atoms with van der Waals surface area (Å²) in [7, 11) is 0. The average molecular weight is 342 g/mol. The number of nitrogens with one attached hydrogen (secondary N) is 2. The van der Waals surface area contributed by atoms with Crippen LogP contribution < -0.4 is 10.6 Å². The van der Waals surface area contributed by atoms with E-state index < -0.39 is 0 Å². The SMILES string of the molecule is CC(C)Cn1cc(NC(=O)N[C@@H]2CCO[C@@H](c3ccccc3)C2)cn1. The van der Waals surface area contributed by atoms with E-state index >= 15 is 0 Å². The second-order valence-electron chi connectivity index (χ2n) is 6.93. The van der Waals surface area contributed by atoms with Crippen molar-refractivity contribution >= 4 is 11.7 Å². The van der Waals surface area contributed by atoms with Crippen molar-refractivity contribution in [3.8, 4) is 0 Å². The maximum Gasteiger partial charge on any atom is 0.319 e. The number of amides is 2. The minimum Gasteiger partial charge on any atom is -0.373 e. The van der Waals surface area contributed by atoms with Crippen LogP contribution in [0.25, 0.3) is 0 Å². The topological polar surface area (TPSA) is 68.2 Å². The van der Waals surface area contributed by atoms with E-state index in [-0.39, 0.29) is 18.2 Å². The van der Waals surface area contributed by atoms with Crippen molar-refractivity contribution in [1.29, 1.82) is 0 Å². The standard InChI is InChI=1S/C19H26N4O2/c1-14(2)12-23-13-17(11-20-23)22-19(24)21-16-8-9-25-18(10-16)15-6-4-3-5-7-15/h3-7,11,13-14,16,18H,8-10,12H2,1-2H3,(H2,21,22,24)/t16-,18-/m1/s1. The Labute approximate surface area is 148 Å². The Balaban J connectivity index is 1.51. The summed E-state index contributed by atoms with van der Waals surface area (Å²) < 4.78 is 7.70. The largest absolute Gasteiger partial charge is 0.373 e. The molecule has 134 valence electrons. The lowest BCUT2D eigenvalue weighted by Crippen LogP contribution is -2.41. The van der Waals surface area contributed by atoms with Crippen LogP contribution in [0.15, 0.2) is 42.7 Å². The number of carbonyl (C=O) groups excluding carboxylic acids is 1. The lowest BCUT2D eigenvalue weighted by Gasteiger charge is -2.30. The number of hydrogen-bond acceptors (Lipinski definition) is 3. The van der Waals surface area contributed by atoms with E-state index in [1.54, 1.807) is 6.20 Å². The fourth-order valence-corrected chi connectivity index (χ4v) is 3.08. The normalized spacial score (nSPS) is 20.4. The van der Waals surface area contributed by atoms with Crippen LogP contribution in [-0.2, 0) is 11.3 Å². The summed E-state index contributed by atoms with van der Waals surface area (Å²) in [4.78, 5) is 12.3. The van der Waals surface area contributed by atoms with Crippen molar-refractivity contribution in [1.82, 2.24) is 15.1 Å². The van der Waals surface area contributed by atoms with E-state index in [0.717, 1.165) is 24.9 Å². The second kappa shape index (κ2) is 8.16. The fraction of sp³-hybridized carbons (Fsp3) is 0.474. The van der Waals surface area contributed by atoms with Gasteiger partial charge in [0.1, 0.15) is 0 Å². The van der Waals surface area contributed by atoms with Gasteiger partial charge in [-0.1, -0.05) is 44.2 Å². The number of carbonyl (C=O) groups is 1. The maximum absolute atomic E-state index is 12.3. The zero-order valence-corrected chi connectivity index (χ0v) is 14.8. The van der Waals surface area contributed by atoms with Crippen LogP contribution in [-0.4, -0.2) is 28.5 Å². The van der Waals surface area contributed by atoms with Crippen LogP contribution in [0, 0.1) is 5.92 Å². The molecule has 6 heteroatoms. The summed E-state index contributed by atoms with van der Waals surface area (Å²) in [6.45, 7) is 5.75. The minimum atomic E-state index is -0.192. The highest BCUT2D eigenvalue weighted by molar-refractivity contribution is 5.89. The van der Waals surface area contributed by atoms with Crippen molar-refractivity contribution in [3.63, 3.8) is 0 Å². The Morgan fingerprint density at radius 2 is 2.16 bits per heavy atom. The summed E-state index contributed by atoms with van der Waals surface area (Å²) in [6.07, 6.45) is 5.18. The predicted octanol–water partition coefficient (Wildman–Crippen LogP) is 3.58. The minimum absolute atomic E-state index is 0.0361. The van der Waals surface area contributed by atoms with Crippen molar-refractivity contribution in [3.05, 3.63) is 48.3 Å². The molecule has 25 heavy (non-hydrogen) atoms. The molecule has 2 amide bonds. The van der Waals surface area contributed by atoms with E-state index in [9.17, 15) is 4.79 Å². The molecule has 0 aliphatic carbocycles. The highest BCUT2D eigenvalue weighted by atomic mass is 16.5. The van der Waals surface area contributed by atoms with Gasteiger partial charge in [-0.25, -0.2) is 4.79 Å². The number of nitrogens with zero attached hydrogens (tertiary/aromatic N) is 2. The number of aromatic nitrogens is 2. The van der Waals surface area contributed by atoms with Crippen molar-refractivity contribution in [2.24, 2.45) is 5.92 Å². The summed E-state index contributed by atoms with van der Waals surface area (Å²) in [5, 5.41) is 10.2. The van der Waals surface area contributed by atoms with Crippen LogP contribution in [0.4, 0.5) is 10.5 Å². The second-order valence-corrected chi connectivity index (χ2v) is 6.93. The van der Waals surface area contributed by atoms with E-state index in [1.165, 1.54) is 0 Å². The molecule has 0 saturated carbocycles. The van der Waals surface area contributed by atoms with Gasteiger partial charge in [0.2, 0.25) is 0 Å². The molecule has 1 aromatic carbocycles. The van der Waals surface area contributed by atoms with Crippen LogP contribution >= 0.6 is 0 Å². The number of urea groups is 1. The molecule has 0 bridgehead atoms. The van der Waals surface area contributed by atoms with E-state index in [2.05, 4.69) is 41.7 Å². The van der Waals surface area contributed by atoms with Gasteiger partial charge in [-0.3, -0.25) is 4.68 Å². The molecule has 0 spiro atoms. The van der Waals surface area contributed by atoms with Crippen molar-refractivity contribution < 1.29 is 9.53 Å². The molecule has 1 fully saturated rings. The molecule has 1 aliphatic rings. The Bertz CT molecular complexity index is 684. The Morgan fingerprint density at radius 3 is 2.92 bits per heavy atom. The van der Waals surface area contributed by atoms with Gasteiger partial charge in [0, 0.05) is 25.4 Å². The van der Waals surface area contributed by atoms with Gasteiger partial charge in [0.05, 0.1) is 18.0 Å². The molecule has 1 aliphatic heterocycles. The fourth-order valence-electron chi connectivity index (χ4n) is 3.08. The lowest BCUT2D eigenvalue weighted by atomic mass is 9.97. The number of anilines is 1. The van der Waals surface area contributed by atoms with Crippen LogP contribution in [0.5, 0.6) is 0 Å². The molecule has 6 nitrogen and oxygen atoms in total. The molecular formula is C19H26N4O2. The number of rotatable bonds is 5. The van der Waals surface area contributed by atoms with Gasteiger partial charge in [-0.15, -0.1) is 0 Å². The van der Waals surface area contributed by atoms with E-state index in [4.69, 9.17) is 4.74 Å². The van der Waals surface area contributed by atoms with Gasteiger partial charge < -0.3 is 15.4 Å². The highest BCUT2D eigenvalue weighted by Crippen LogP contribution is 2.27. The first-order valence-corrected chi connectivity index (χ1v) is 8.86. The molecule has 1 aromatic heterocycles. The van der Waals surface area contributed by atoms with Crippen LogP contribution in [0.3, 0.4) is 0 Å². The molecular weight excluding hydrogens is 316 g/mol. The predicted molar refractivity (Wildman–Crippen MR) is 97.4 cm³/mol.